The highest BCUT2D eigenvalue weighted by atomic mass is 32.2. The first kappa shape index (κ1) is 19.5. The van der Waals surface area contributed by atoms with E-state index in [1.165, 1.54) is 10.6 Å². The average molecular weight is 391 g/mol. The Hall–Kier alpha value is -2.22. The Labute approximate surface area is 159 Å². The van der Waals surface area contributed by atoms with E-state index in [2.05, 4.69) is 17.3 Å². The molecule has 2 aliphatic rings. The van der Waals surface area contributed by atoms with Crippen LogP contribution >= 0.6 is 0 Å². The number of benzene rings is 1. The third kappa shape index (κ3) is 4.94. The molecule has 0 aromatic heterocycles. The number of nitrogens with zero attached hydrogens (tertiary/aromatic N) is 2. The second-order valence-electron chi connectivity index (χ2n) is 7.10. The number of hydrogen-bond acceptors (Lipinski definition) is 5. The van der Waals surface area contributed by atoms with Gasteiger partial charge in [-0.3, -0.25) is 9.59 Å². The number of nitrogens with one attached hydrogen (secondary N) is 1. The first-order chi connectivity index (χ1) is 12.9. The molecule has 1 fully saturated rings. The molecule has 2 heterocycles. The maximum atomic E-state index is 12.5. The summed E-state index contributed by atoms with van der Waals surface area (Å²) in [6.45, 7) is 2.15. The van der Waals surface area contributed by atoms with E-state index in [0.717, 1.165) is 19.3 Å². The Morgan fingerprint density at radius 2 is 2.00 bits per heavy atom. The Morgan fingerprint density at radius 1 is 1.26 bits per heavy atom. The Balaban J connectivity index is 1.66. The van der Waals surface area contributed by atoms with Gasteiger partial charge in [-0.2, -0.15) is 5.10 Å². The van der Waals surface area contributed by atoms with E-state index >= 15 is 0 Å². The SMILES string of the molecule is CCCCc1ccc(NC(=O)C2=NN([C@@H]3CCS(=O)(=O)C3)C(=O)CC2)cc1. The second-order valence-corrected chi connectivity index (χ2v) is 9.33. The Morgan fingerprint density at radius 3 is 2.63 bits per heavy atom. The number of carbonyl (C=O) groups is 2. The molecule has 1 aromatic rings. The molecule has 2 aliphatic heterocycles. The van der Waals surface area contributed by atoms with Crippen molar-refractivity contribution in [1.29, 1.82) is 0 Å². The van der Waals surface area contributed by atoms with E-state index < -0.39 is 15.9 Å². The van der Waals surface area contributed by atoms with Crippen LogP contribution in [0.1, 0.15) is 44.6 Å². The number of sulfone groups is 1. The summed E-state index contributed by atoms with van der Waals surface area (Å²) >= 11 is 0. The molecule has 1 aromatic carbocycles. The summed E-state index contributed by atoms with van der Waals surface area (Å²) in [5, 5.41) is 8.20. The van der Waals surface area contributed by atoms with E-state index in [-0.39, 0.29) is 41.9 Å². The van der Waals surface area contributed by atoms with Gasteiger partial charge < -0.3 is 5.32 Å². The zero-order valence-electron chi connectivity index (χ0n) is 15.5. The molecule has 27 heavy (non-hydrogen) atoms. The van der Waals surface area contributed by atoms with Crippen LogP contribution in [0.4, 0.5) is 5.69 Å². The summed E-state index contributed by atoms with van der Waals surface area (Å²) < 4.78 is 23.3. The van der Waals surface area contributed by atoms with Gasteiger partial charge in [0.2, 0.25) is 5.91 Å². The Kier molecular flexibility index (Phi) is 5.94. The number of amides is 2. The molecule has 1 saturated heterocycles. The predicted molar refractivity (Wildman–Crippen MR) is 104 cm³/mol. The van der Waals surface area contributed by atoms with Gasteiger partial charge >= 0.3 is 0 Å². The number of hydrazone groups is 1. The van der Waals surface area contributed by atoms with Crippen LogP contribution in [0, 0.1) is 0 Å². The van der Waals surface area contributed by atoms with E-state index in [9.17, 15) is 18.0 Å². The molecule has 1 atom stereocenters. The van der Waals surface area contributed by atoms with E-state index in [1.54, 1.807) is 0 Å². The quantitative estimate of drug-likeness (QED) is 0.803. The zero-order chi connectivity index (χ0) is 19.4. The molecule has 2 amide bonds. The zero-order valence-corrected chi connectivity index (χ0v) is 16.3. The van der Waals surface area contributed by atoms with Crippen molar-refractivity contribution in [3.05, 3.63) is 29.8 Å². The Bertz CT molecular complexity index is 846. The number of unbranched alkanes of at least 4 members (excludes halogenated alkanes) is 1. The van der Waals surface area contributed by atoms with Gasteiger partial charge in [-0.25, -0.2) is 13.4 Å². The van der Waals surface area contributed by atoms with E-state index in [4.69, 9.17) is 0 Å². The third-order valence-corrected chi connectivity index (χ3v) is 6.66. The van der Waals surface area contributed by atoms with Gasteiger partial charge in [-0.05, 0) is 37.0 Å². The lowest BCUT2D eigenvalue weighted by molar-refractivity contribution is -0.133. The summed E-state index contributed by atoms with van der Waals surface area (Å²) in [7, 11) is -3.13. The molecule has 3 rings (SSSR count). The fraction of sp³-hybridized carbons (Fsp3) is 0.526. The molecule has 146 valence electrons. The molecule has 7 nitrogen and oxygen atoms in total. The number of aryl methyl sites for hydroxylation is 1. The van der Waals surface area contributed by atoms with Crippen LogP contribution in [0.3, 0.4) is 0 Å². The number of rotatable bonds is 6. The van der Waals surface area contributed by atoms with Crippen LogP contribution in [0.15, 0.2) is 29.4 Å². The lowest BCUT2D eigenvalue weighted by atomic mass is 10.1. The van der Waals surface area contributed by atoms with Crippen molar-refractivity contribution >= 4 is 33.1 Å². The van der Waals surface area contributed by atoms with E-state index in [0.29, 0.717) is 12.1 Å². The smallest absolute Gasteiger partial charge is 0.271 e. The number of hydrogen-bond donors (Lipinski definition) is 1. The van der Waals surface area contributed by atoms with Crippen molar-refractivity contribution in [2.75, 3.05) is 16.8 Å². The van der Waals surface area contributed by atoms with E-state index in [1.807, 2.05) is 24.3 Å². The van der Waals surface area contributed by atoms with Crippen LogP contribution in [-0.4, -0.2) is 48.5 Å². The second kappa shape index (κ2) is 8.21. The fourth-order valence-electron chi connectivity index (χ4n) is 3.33. The minimum atomic E-state index is -3.13. The molecule has 0 radical (unpaired) electrons. The van der Waals surface area contributed by atoms with Crippen LogP contribution in [-0.2, 0) is 25.8 Å². The highest BCUT2D eigenvalue weighted by molar-refractivity contribution is 7.91. The van der Waals surface area contributed by atoms with Crippen molar-refractivity contribution in [3.8, 4) is 0 Å². The standard InChI is InChI=1S/C19H25N3O4S/c1-2-3-4-14-5-7-15(8-6-14)20-19(24)17-9-10-18(23)22(21-17)16-11-12-27(25,26)13-16/h5-8,16H,2-4,9-13H2,1H3,(H,20,24)/t16-/m1/s1. The van der Waals surface area contributed by atoms with Gasteiger partial charge in [0.25, 0.3) is 5.91 Å². The van der Waals surface area contributed by atoms with Crippen molar-refractivity contribution in [3.63, 3.8) is 0 Å². The average Bonchev–Trinajstić information content (AvgIpc) is 3.01. The summed E-state index contributed by atoms with van der Waals surface area (Å²) in [5.41, 5.74) is 2.16. The predicted octanol–water partition coefficient (Wildman–Crippen LogP) is 2.13. The van der Waals surface area contributed by atoms with Crippen LogP contribution in [0.2, 0.25) is 0 Å². The lowest BCUT2D eigenvalue weighted by Gasteiger charge is -2.27. The minimum Gasteiger partial charge on any atom is -0.321 e. The van der Waals surface area contributed by atoms with Gasteiger partial charge in [0, 0.05) is 18.5 Å². The van der Waals surface area contributed by atoms with Gasteiger partial charge in [0.15, 0.2) is 9.84 Å². The largest absolute Gasteiger partial charge is 0.321 e. The first-order valence-electron chi connectivity index (χ1n) is 9.38. The highest BCUT2D eigenvalue weighted by Crippen LogP contribution is 2.22. The molecular weight excluding hydrogens is 366 g/mol. The molecule has 0 aliphatic carbocycles. The number of carbonyl (C=O) groups excluding carboxylic acids is 2. The van der Waals surface area contributed by atoms with Crippen molar-refractivity contribution in [1.82, 2.24) is 5.01 Å². The van der Waals surface area contributed by atoms with Gasteiger partial charge in [-0.15, -0.1) is 0 Å². The molecule has 8 heteroatoms. The monoisotopic (exact) mass is 391 g/mol. The molecule has 0 bridgehead atoms. The maximum Gasteiger partial charge on any atom is 0.271 e. The summed E-state index contributed by atoms with van der Waals surface area (Å²) in [6, 6.07) is 7.24. The molecule has 0 saturated carbocycles. The molecule has 0 spiro atoms. The maximum absolute atomic E-state index is 12.5. The summed E-state index contributed by atoms with van der Waals surface area (Å²) in [5.74, 6) is -0.609. The van der Waals surface area contributed by atoms with Gasteiger partial charge in [0.1, 0.15) is 5.71 Å². The molecular formula is C19H25N3O4S. The van der Waals surface area contributed by atoms with Crippen LogP contribution < -0.4 is 5.32 Å². The molecule has 1 N–H and O–H groups in total. The normalized spacial score (nSPS) is 21.8. The van der Waals surface area contributed by atoms with Crippen molar-refractivity contribution in [2.24, 2.45) is 5.10 Å². The van der Waals surface area contributed by atoms with Crippen LogP contribution in [0.25, 0.3) is 0 Å². The lowest BCUT2D eigenvalue weighted by Crippen LogP contribution is -2.42. The van der Waals surface area contributed by atoms with Crippen molar-refractivity contribution in [2.45, 2.75) is 51.5 Å². The van der Waals surface area contributed by atoms with Crippen LogP contribution in [0.5, 0.6) is 0 Å². The topological polar surface area (TPSA) is 95.9 Å². The van der Waals surface area contributed by atoms with Gasteiger partial charge in [0.05, 0.1) is 17.5 Å². The fourth-order valence-corrected chi connectivity index (χ4v) is 5.02. The minimum absolute atomic E-state index is 0.0584. The summed E-state index contributed by atoms with van der Waals surface area (Å²) in [6.07, 6.45) is 4.07. The molecule has 0 unspecified atom stereocenters. The highest BCUT2D eigenvalue weighted by Gasteiger charge is 2.37. The first-order valence-corrected chi connectivity index (χ1v) is 11.2. The number of anilines is 1. The third-order valence-electron chi connectivity index (χ3n) is 4.91. The summed E-state index contributed by atoms with van der Waals surface area (Å²) in [4.78, 5) is 24.7. The van der Waals surface area contributed by atoms with Gasteiger partial charge in [-0.1, -0.05) is 25.5 Å². The van der Waals surface area contributed by atoms with Crippen molar-refractivity contribution < 1.29 is 18.0 Å².